The summed E-state index contributed by atoms with van der Waals surface area (Å²) in [5, 5.41) is 0. The Balaban J connectivity index is 1.81. The van der Waals surface area contributed by atoms with Gasteiger partial charge in [-0.2, -0.15) is 0 Å². The minimum Gasteiger partial charge on any atom is -0.369 e. The van der Waals surface area contributed by atoms with Gasteiger partial charge in [0.25, 0.3) is 0 Å². The highest BCUT2D eigenvalue weighted by Crippen LogP contribution is 2.46. The fraction of sp³-hybridized carbons (Fsp3) is 0.600. The molecule has 1 heterocycles. The number of ether oxygens (including phenoxy) is 1. The van der Waals surface area contributed by atoms with Gasteiger partial charge in [-0.1, -0.05) is 72.2 Å². The Hall–Kier alpha value is -0.0900. The Morgan fingerprint density at radius 2 is 1.76 bits per heavy atom. The molecule has 1 nitrogen and oxygen atoms in total. The van der Waals surface area contributed by atoms with Crippen molar-refractivity contribution in [3.8, 4) is 0 Å². The second-order valence-electron chi connectivity index (χ2n) is 5.25. The van der Waals surface area contributed by atoms with Gasteiger partial charge in [0.15, 0.2) is 0 Å². The molecule has 0 unspecified atom stereocenters. The van der Waals surface area contributed by atoms with Crippen LogP contribution in [0.2, 0.25) is 0 Å². The lowest BCUT2D eigenvalue weighted by Crippen LogP contribution is -2.19. The summed E-state index contributed by atoms with van der Waals surface area (Å²) in [7, 11) is 0. The first-order chi connectivity index (χ1) is 8.36. The molecule has 1 saturated heterocycles. The fourth-order valence-corrected chi connectivity index (χ4v) is 4.64. The molecular weight excluding hydrogens is 323 g/mol. The largest absolute Gasteiger partial charge is 0.369 e. The molecule has 2 fully saturated rings. The normalized spacial score (nSPS) is 37.5. The van der Waals surface area contributed by atoms with Gasteiger partial charge in [-0.15, -0.1) is 0 Å². The van der Waals surface area contributed by atoms with E-state index in [1.165, 1.54) is 37.7 Å². The van der Waals surface area contributed by atoms with Crippen LogP contribution in [0.15, 0.2) is 30.3 Å². The van der Waals surface area contributed by atoms with Crippen LogP contribution in [0, 0.1) is 5.92 Å². The Kier molecular flexibility index (Phi) is 3.71. The number of hydrogen-bond donors (Lipinski definition) is 0. The lowest BCUT2D eigenvalue weighted by Gasteiger charge is -2.17. The van der Waals surface area contributed by atoms with E-state index >= 15 is 0 Å². The second-order valence-corrected chi connectivity index (χ2v) is 6.69. The average Bonchev–Trinajstić information content (AvgIpc) is 2.56. The molecule has 0 radical (unpaired) electrons. The van der Waals surface area contributed by atoms with Gasteiger partial charge in [0.2, 0.25) is 0 Å². The topological polar surface area (TPSA) is 9.23 Å². The number of fused-ring (bicyclic) bond motifs is 1. The van der Waals surface area contributed by atoms with Crippen LogP contribution in [0.3, 0.4) is 0 Å². The zero-order valence-corrected chi connectivity index (χ0v) is 12.2. The van der Waals surface area contributed by atoms with E-state index in [9.17, 15) is 0 Å². The van der Waals surface area contributed by atoms with Crippen molar-refractivity contribution in [3.05, 3.63) is 35.9 Å². The molecule has 0 spiro atoms. The van der Waals surface area contributed by atoms with Gasteiger partial charge >= 0.3 is 0 Å². The van der Waals surface area contributed by atoms with Gasteiger partial charge in [-0.3, -0.25) is 0 Å². The maximum absolute atomic E-state index is 6.34. The zero-order chi connectivity index (χ0) is 11.7. The predicted molar refractivity (Wildman–Crippen MR) is 78.4 cm³/mol. The van der Waals surface area contributed by atoms with Gasteiger partial charge in [-0.05, 0) is 24.3 Å². The fourth-order valence-electron chi connectivity index (χ4n) is 3.23. The maximum Gasteiger partial charge on any atom is 0.0949 e. The maximum atomic E-state index is 6.34. The van der Waals surface area contributed by atoms with Crippen LogP contribution in [-0.2, 0) is 4.74 Å². The summed E-state index contributed by atoms with van der Waals surface area (Å²) in [4.78, 5) is 0. The minimum absolute atomic E-state index is 0.324. The molecule has 0 N–H and O–H groups in total. The summed E-state index contributed by atoms with van der Waals surface area (Å²) in [6.45, 7) is 0. The van der Waals surface area contributed by atoms with Crippen LogP contribution in [0.1, 0.15) is 43.8 Å². The van der Waals surface area contributed by atoms with Crippen molar-refractivity contribution in [1.29, 1.82) is 0 Å². The molecule has 2 aliphatic rings. The molecule has 0 bridgehead atoms. The van der Waals surface area contributed by atoms with Crippen LogP contribution in [0.4, 0.5) is 0 Å². The molecule has 17 heavy (non-hydrogen) atoms. The first-order valence-electron chi connectivity index (χ1n) is 6.71. The van der Waals surface area contributed by atoms with Gasteiger partial charge < -0.3 is 4.74 Å². The van der Waals surface area contributed by atoms with Crippen molar-refractivity contribution in [1.82, 2.24) is 0 Å². The van der Waals surface area contributed by atoms with E-state index in [1.807, 2.05) is 0 Å². The van der Waals surface area contributed by atoms with E-state index in [4.69, 9.17) is 4.74 Å². The Bertz CT molecular complexity index is 364. The Labute approximate surface area is 117 Å². The third kappa shape index (κ3) is 2.39. The van der Waals surface area contributed by atoms with Crippen molar-refractivity contribution >= 4 is 22.6 Å². The van der Waals surface area contributed by atoms with E-state index in [-0.39, 0.29) is 0 Å². The third-order valence-corrected chi connectivity index (χ3v) is 5.73. The summed E-state index contributed by atoms with van der Waals surface area (Å²) >= 11 is 2.62. The van der Waals surface area contributed by atoms with Crippen molar-refractivity contribution in [2.45, 2.75) is 48.2 Å². The summed E-state index contributed by atoms with van der Waals surface area (Å²) in [5.74, 6) is 0.781. The lowest BCUT2D eigenvalue weighted by molar-refractivity contribution is 0.0307. The number of rotatable bonds is 1. The number of hydrogen-bond acceptors (Lipinski definition) is 1. The highest BCUT2D eigenvalue weighted by molar-refractivity contribution is 14.1. The average molecular weight is 342 g/mol. The predicted octanol–water partition coefficient (Wildman–Crippen LogP) is 4.51. The van der Waals surface area contributed by atoms with Crippen LogP contribution in [0.25, 0.3) is 0 Å². The van der Waals surface area contributed by atoms with Gasteiger partial charge in [0.1, 0.15) is 0 Å². The van der Waals surface area contributed by atoms with Crippen molar-refractivity contribution in [2.75, 3.05) is 0 Å². The first kappa shape index (κ1) is 12.0. The van der Waals surface area contributed by atoms with Crippen LogP contribution < -0.4 is 0 Å². The highest BCUT2D eigenvalue weighted by Gasteiger charge is 2.43. The third-order valence-electron chi connectivity index (χ3n) is 4.15. The van der Waals surface area contributed by atoms with Crippen LogP contribution >= 0.6 is 22.6 Å². The van der Waals surface area contributed by atoms with Crippen LogP contribution in [-0.4, -0.2) is 10.0 Å². The molecule has 0 aromatic heterocycles. The molecule has 2 heteroatoms. The van der Waals surface area contributed by atoms with E-state index in [2.05, 4.69) is 52.9 Å². The van der Waals surface area contributed by atoms with Gasteiger partial charge in [0.05, 0.1) is 12.2 Å². The number of alkyl halides is 1. The Morgan fingerprint density at radius 1 is 1.00 bits per heavy atom. The molecule has 3 rings (SSSR count). The number of benzene rings is 1. The molecule has 92 valence electrons. The number of halogens is 1. The smallest absolute Gasteiger partial charge is 0.0949 e. The van der Waals surface area contributed by atoms with Crippen molar-refractivity contribution in [3.63, 3.8) is 0 Å². The molecule has 1 saturated carbocycles. The molecular formula is C15H19IO. The molecule has 0 amide bonds. The molecule has 1 aliphatic carbocycles. The van der Waals surface area contributed by atoms with Crippen LogP contribution in [0.5, 0.6) is 0 Å². The van der Waals surface area contributed by atoms with Crippen molar-refractivity contribution < 1.29 is 4.74 Å². The molecule has 1 aliphatic heterocycles. The first-order valence-corrected chi connectivity index (χ1v) is 7.95. The SMILES string of the molecule is I[C@@H]1[C@H]2CCCCC[C@H]2O[C@H]1c1ccccc1. The monoisotopic (exact) mass is 342 g/mol. The zero-order valence-electron chi connectivity index (χ0n) is 10.0. The van der Waals surface area contributed by atoms with Gasteiger partial charge in [-0.25, -0.2) is 0 Å². The van der Waals surface area contributed by atoms with E-state index in [0.717, 1.165) is 5.92 Å². The second kappa shape index (κ2) is 5.27. The summed E-state index contributed by atoms with van der Waals surface area (Å²) < 4.78 is 6.99. The van der Waals surface area contributed by atoms with E-state index < -0.39 is 0 Å². The highest BCUT2D eigenvalue weighted by atomic mass is 127. The molecule has 4 atom stereocenters. The van der Waals surface area contributed by atoms with Gasteiger partial charge in [0, 0.05) is 3.92 Å². The minimum atomic E-state index is 0.324. The quantitative estimate of drug-likeness (QED) is 0.539. The summed E-state index contributed by atoms with van der Waals surface area (Å²) in [6.07, 6.45) is 7.62. The molecule has 1 aromatic carbocycles. The lowest BCUT2D eigenvalue weighted by atomic mass is 9.93. The summed E-state index contributed by atoms with van der Waals surface area (Å²) in [5.41, 5.74) is 1.36. The Morgan fingerprint density at radius 3 is 2.59 bits per heavy atom. The molecule has 1 aromatic rings. The van der Waals surface area contributed by atoms with Crippen molar-refractivity contribution in [2.24, 2.45) is 5.92 Å². The van der Waals surface area contributed by atoms with E-state index in [0.29, 0.717) is 16.1 Å². The standard InChI is InChI=1S/C15H19IO/c16-14-12-9-5-2-6-10-13(12)17-15(14)11-7-3-1-4-8-11/h1,3-4,7-8,12-15H,2,5-6,9-10H2/t12-,13+,14+,15-/m0/s1. The summed E-state index contributed by atoms with van der Waals surface area (Å²) in [6, 6.07) is 10.7. The van der Waals surface area contributed by atoms with E-state index in [1.54, 1.807) is 0 Å².